The monoisotopic (exact) mass is 218 g/mol. The van der Waals surface area contributed by atoms with E-state index >= 15 is 0 Å². The van der Waals surface area contributed by atoms with E-state index in [0.29, 0.717) is 5.92 Å². The number of carbonyl (C=O) groups is 1. The van der Waals surface area contributed by atoms with Crippen LogP contribution in [-0.2, 0) is 0 Å². The van der Waals surface area contributed by atoms with Crippen molar-refractivity contribution in [1.29, 1.82) is 0 Å². The molecule has 1 aromatic carbocycles. The summed E-state index contributed by atoms with van der Waals surface area (Å²) in [5.41, 5.74) is 0.782. The lowest BCUT2D eigenvalue weighted by Crippen LogP contribution is -2.05. The van der Waals surface area contributed by atoms with Crippen molar-refractivity contribution >= 4 is 5.78 Å². The minimum atomic E-state index is 0.0624. The highest BCUT2D eigenvalue weighted by Gasteiger charge is 2.52. The number of aliphatic hydroxyl groups excluding tert-OH is 1. The van der Waals surface area contributed by atoms with Gasteiger partial charge in [0.2, 0.25) is 0 Å². The molecule has 1 fully saturated rings. The van der Waals surface area contributed by atoms with E-state index in [1.807, 2.05) is 30.3 Å². The van der Waals surface area contributed by atoms with Gasteiger partial charge in [0.05, 0.1) is 0 Å². The number of ketones is 1. The van der Waals surface area contributed by atoms with Crippen LogP contribution in [-0.4, -0.2) is 17.5 Å². The summed E-state index contributed by atoms with van der Waals surface area (Å²) in [4.78, 5) is 12.2. The van der Waals surface area contributed by atoms with Gasteiger partial charge in [-0.1, -0.05) is 43.7 Å². The SMILES string of the molecule is CCC[C@H]1[C@H](CO)[C@@H]1C(=O)c1ccccc1. The quantitative estimate of drug-likeness (QED) is 0.771. The summed E-state index contributed by atoms with van der Waals surface area (Å²) in [5, 5.41) is 9.22. The zero-order chi connectivity index (χ0) is 11.5. The van der Waals surface area contributed by atoms with E-state index in [1.165, 1.54) is 0 Å². The molecule has 16 heavy (non-hydrogen) atoms. The zero-order valence-electron chi connectivity index (χ0n) is 9.60. The van der Waals surface area contributed by atoms with E-state index < -0.39 is 0 Å². The number of benzene rings is 1. The van der Waals surface area contributed by atoms with E-state index in [1.54, 1.807) is 0 Å². The number of carbonyl (C=O) groups excluding carboxylic acids is 1. The predicted molar refractivity (Wildman–Crippen MR) is 63.2 cm³/mol. The lowest BCUT2D eigenvalue weighted by Gasteiger charge is -1.99. The van der Waals surface area contributed by atoms with Crippen LogP contribution in [0.2, 0.25) is 0 Å². The fourth-order valence-corrected chi connectivity index (χ4v) is 2.60. The Balaban J connectivity index is 2.06. The van der Waals surface area contributed by atoms with Gasteiger partial charge in [0.1, 0.15) is 0 Å². The molecule has 2 heteroatoms. The Morgan fingerprint density at radius 2 is 1.94 bits per heavy atom. The Hall–Kier alpha value is -1.15. The maximum absolute atomic E-state index is 12.2. The molecule has 0 bridgehead atoms. The number of aliphatic hydroxyl groups is 1. The minimum absolute atomic E-state index is 0.0624. The second-order valence-electron chi connectivity index (χ2n) is 4.56. The maximum atomic E-state index is 12.2. The van der Waals surface area contributed by atoms with Gasteiger partial charge >= 0.3 is 0 Å². The molecule has 0 radical (unpaired) electrons. The fraction of sp³-hybridized carbons (Fsp3) is 0.500. The van der Waals surface area contributed by atoms with Crippen LogP contribution < -0.4 is 0 Å². The molecule has 0 heterocycles. The average Bonchev–Trinajstić information content (AvgIpc) is 3.03. The van der Waals surface area contributed by atoms with Gasteiger partial charge in [0.25, 0.3) is 0 Å². The van der Waals surface area contributed by atoms with Crippen LogP contribution in [0, 0.1) is 17.8 Å². The van der Waals surface area contributed by atoms with Gasteiger partial charge in [0, 0.05) is 18.1 Å². The van der Waals surface area contributed by atoms with E-state index in [2.05, 4.69) is 6.92 Å². The first-order valence-corrected chi connectivity index (χ1v) is 5.99. The summed E-state index contributed by atoms with van der Waals surface area (Å²) in [7, 11) is 0. The third kappa shape index (κ3) is 2.03. The Morgan fingerprint density at radius 1 is 1.25 bits per heavy atom. The fourth-order valence-electron chi connectivity index (χ4n) is 2.60. The number of hydrogen-bond donors (Lipinski definition) is 1. The molecule has 1 N–H and O–H groups in total. The summed E-state index contributed by atoms with van der Waals surface area (Å²) < 4.78 is 0. The van der Waals surface area contributed by atoms with Gasteiger partial charge in [-0.15, -0.1) is 0 Å². The highest BCUT2D eigenvalue weighted by molar-refractivity contribution is 6.00. The molecule has 2 nitrogen and oxygen atoms in total. The Morgan fingerprint density at radius 3 is 2.50 bits per heavy atom. The first kappa shape index (κ1) is 11.3. The van der Waals surface area contributed by atoms with Crippen molar-refractivity contribution in [3.8, 4) is 0 Å². The van der Waals surface area contributed by atoms with Crippen LogP contribution in [0.15, 0.2) is 30.3 Å². The largest absolute Gasteiger partial charge is 0.396 e. The van der Waals surface area contributed by atoms with E-state index in [0.717, 1.165) is 18.4 Å². The summed E-state index contributed by atoms with van der Waals surface area (Å²) >= 11 is 0. The van der Waals surface area contributed by atoms with Crippen molar-refractivity contribution in [2.75, 3.05) is 6.61 Å². The molecular weight excluding hydrogens is 200 g/mol. The minimum Gasteiger partial charge on any atom is -0.396 e. The predicted octanol–water partition coefficient (Wildman–Crippen LogP) is 2.52. The molecule has 1 saturated carbocycles. The summed E-state index contributed by atoms with van der Waals surface area (Å²) in [5.74, 6) is 0.876. The third-order valence-corrected chi connectivity index (χ3v) is 3.53. The van der Waals surface area contributed by atoms with Crippen LogP contribution in [0.5, 0.6) is 0 Å². The smallest absolute Gasteiger partial charge is 0.166 e. The lowest BCUT2D eigenvalue weighted by molar-refractivity contribution is 0.0949. The zero-order valence-corrected chi connectivity index (χ0v) is 9.60. The first-order valence-electron chi connectivity index (χ1n) is 5.99. The van der Waals surface area contributed by atoms with Crippen molar-refractivity contribution < 1.29 is 9.90 Å². The second kappa shape index (κ2) is 4.79. The molecule has 3 atom stereocenters. The number of rotatable bonds is 5. The molecule has 0 aliphatic heterocycles. The van der Waals surface area contributed by atoms with Gasteiger partial charge in [-0.3, -0.25) is 4.79 Å². The molecule has 0 amide bonds. The Kier molecular flexibility index (Phi) is 3.39. The maximum Gasteiger partial charge on any atom is 0.166 e. The van der Waals surface area contributed by atoms with Crippen molar-refractivity contribution in [3.05, 3.63) is 35.9 Å². The van der Waals surface area contributed by atoms with Gasteiger partial charge < -0.3 is 5.11 Å². The molecule has 1 aromatic rings. The standard InChI is InChI=1S/C14H18O2/c1-2-6-11-12(9-15)13(11)14(16)10-7-4-3-5-8-10/h3-5,7-8,11-13,15H,2,6,9H2,1H3/t11-,12-,13+/m0/s1. The van der Waals surface area contributed by atoms with Crippen LogP contribution in [0.1, 0.15) is 30.1 Å². The van der Waals surface area contributed by atoms with E-state index in [4.69, 9.17) is 0 Å². The van der Waals surface area contributed by atoms with Crippen molar-refractivity contribution in [3.63, 3.8) is 0 Å². The molecule has 1 aliphatic rings. The van der Waals surface area contributed by atoms with Gasteiger partial charge in [-0.05, 0) is 18.3 Å². The summed E-state index contributed by atoms with van der Waals surface area (Å²) in [6, 6.07) is 9.41. The molecule has 0 saturated heterocycles. The normalized spacial score (nSPS) is 27.8. The van der Waals surface area contributed by atoms with E-state index in [-0.39, 0.29) is 24.2 Å². The highest BCUT2D eigenvalue weighted by atomic mass is 16.3. The number of hydrogen-bond acceptors (Lipinski definition) is 2. The molecule has 0 spiro atoms. The molecule has 86 valence electrons. The second-order valence-corrected chi connectivity index (χ2v) is 4.56. The molecule has 0 unspecified atom stereocenters. The van der Waals surface area contributed by atoms with Crippen molar-refractivity contribution in [2.45, 2.75) is 19.8 Å². The molecule has 2 rings (SSSR count). The average molecular weight is 218 g/mol. The van der Waals surface area contributed by atoms with Gasteiger partial charge in [-0.2, -0.15) is 0 Å². The van der Waals surface area contributed by atoms with Gasteiger partial charge in [-0.25, -0.2) is 0 Å². The van der Waals surface area contributed by atoms with Crippen molar-refractivity contribution in [2.24, 2.45) is 17.8 Å². The van der Waals surface area contributed by atoms with Crippen LogP contribution in [0.25, 0.3) is 0 Å². The summed E-state index contributed by atoms with van der Waals surface area (Å²) in [6.07, 6.45) is 2.13. The topological polar surface area (TPSA) is 37.3 Å². The van der Waals surface area contributed by atoms with Crippen LogP contribution >= 0.6 is 0 Å². The highest BCUT2D eigenvalue weighted by Crippen LogP contribution is 2.50. The van der Waals surface area contributed by atoms with Crippen LogP contribution in [0.4, 0.5) is 0 Å². The van der Waals surface area contributed by atoms with Crippen LogP contribution in [0.3, 0.4) is 0 Å². The van der Waals surface area contributed by atoms with E-state index in [9.17, 15) is 9.90 Å². The molecule has 1 aliphatic carbocycles. The Bertz CT molecular complexity index is 358. The number of Topliss-reactive ketones (excluding diaryl/α,β-unsaturated/α-hetero) is 1. The lowest BCUT2D eigenvalue weighted by atomic mass is 10.0. The molecule has 0 aromatic heterocycles. The van der Waals surface area contributed by atoms with Crippen molar-refractivity contribution in [1.82, 2.24) is 0 Å². The summed E-state index contributed by atoms with van der Waals surface area (Å²) in [6.45, 7) is 2.27. The Labute approximate surface area is 96.3 Å². The first-order chi connectivity index (χ1) is 7.79. The molecular formula is C14H18O2. The third-order valence-electron chi connectivity index (χ3n) is 3.53. The van der Waals surface area contributed by atoms with Gasteiger partial charge in [0.15, 0.2) is 5.78 Å².